The number of halogens is 3. The van der Waals surface area contributed by atoms with Gasteiger partial charge < -0.3 is 15.0 Å². The number of alkyl halides is 3. The summed E-state index contributed by atoms with van der Waals surface area (Å²) in [6, 6.07) is 9.76. The molecule has 0 radical (unpaired) electrons. The molecule has 32 heavy (non-hydrogen) atoms. The smallest absolute Gasteiger partial charge is 0.394 e. The molecule has 2 N–H and O–H groups in total. The van der Waals surface area contributed by atoms with Gasteiger partial charge in [0.05, 0.1) is 29.2 Å². The van der Waals surface area contributed by atoms with Crippen LogP contribution in [0.3, 0.4) is 0 Å². The fraction of sp³-hybridized carbons (Fsp3) is 0.304. The van der Waals surface area contributed by atoms with Crippen LogP contribution in [0.15, 0.2) is 42.5 Å². The van der Waals surface area contributed by atoms with Crippen LogP contribution in [0.4, 0.5) is 13.2 Å². The maximum Gasteiger partial charge on any atom is 0.416 e. The first-order valence-electron chi connectivity index (χ1n) is 10.2. The third-order valence-corrected chi connectivity index (χ3v) is 5.77. The molecule has 0 fully saturated rings. The van der Waals surface area contributed by atoms with E-state index in [0.717, 1.165) is 34.4 Å². The minimum Gasteiger partial charge on any atom is -0.394 e. The molecule has 0 spiro atoms. The van der Waals surface area contributed by atoms with E-state index >= 15 is 0 Å². The van der Waals surface area contributed by atoms with Crippen molar-refractivity contribution in [2.24, 2.45) is 7.05 Å². The number of rotatable bonds is 5. The Kier molecular flexibility index (Phi) is 5.46. The first kappa shape index (κ1) is 21.9. The lowest BCUT2D eigenvalue weighted by molar-refractivity contribution is -0.137. The summed E-state index contributed by atoms with van der Waals surface area (Å²) in [6.45, 7) is 3.56. The second-order valence-corrected chi connectivity index (χ2v) is 7.76. The molecule has 9 heteroatoms. The standard InChI is InChI=1S/C23H23F3N4O2/c1-4-16(12-31)28-22(32)14-5-10-19-18(11-14)20-21(27-13(2)29(20)3)30(19)17-8-6-15(7-9-17)23(24,25)26/h5-11,16,31H,4,12H2,1-3H3,(H,28,32)/t16-/m0/s1. The van der Waals surface area contributed by atoms with Crippen molar-refractivity contribution >= 4 is 28.0 Å². The maximum atomic E-state index is 13.0. The lowest BCUT2D eigenvalue weighted by atomic mass is 10.1. The lowest BCUT2D eigenvalue weighted by Gasteiger charge is -2.14. The van der Waals surface area contributed by atoms with Crippen molar-refractivity contribution in [3.63, 3.8) is 0 Å². The minimum atomic E-state index is -4.42. The topological polar surface area (TPSA) is 72.1 Å². The molecule has 0 saturated carbocycles. The SMILES string of the molecule is CC[C@@H](CO)NC(=O)c1ccc2c(c1)c1c(nc(C)n1C)n2-c1ccc(C(F)(F)F)cc1. The van der Waals surface area contributed by atoms with Crippen molar-refractivity contribution in [3.8, 4) is 5.69 Å². The Balaban J connectivity index is 1.88. The molecule has 2 aromatic heterocycles. The fourth-order valence-corrected chi connectivity index (χ4v) is 3.83. The van der Waals surface area contributed by atoms with E-state index in [4.69, 9.17) is 0 Å². The highest BCUT2D eigenvalue weighted by Crippen LogP contribution is 2.34. The number of hydrogen-bond acceptors (Lipinski definition) is 3. The number of aliphatic hydroxyl groups is 1. The molecule has 4 rings (SSSR count). The van der Waals surface area contributed by atoms with Gasteiger partial charge in [-0.15, -0.1) is 0 Å². The third-order valence-electron chi connectivity index (χ3n) is 5.77. The molecular weight excluding hydrogens is 421 g/mol. The highest BCUT2D eigenvalue weighted by Gasteiger charge is 2.30. The van der Waals surface area contributed by atoms with Gasteiger partial charge in [0.15, 0.2) is 5.65 Å². The van der Waals surface area contributed by atoms with Crippen molar-refractivity contribution in [2.75, 3.05) is 6.61 Å². The zero-order valence-corrected chi connectivity index (χ0v) is 17.9. The summed E-state index contributed by atoms with van der Waals surface area (Å²) < 4.78 is 42.7. The highest BCUT2D eigenvalue weighted by atomic mass is 19.4. The number of imidazole rings is 1. The zero-order chi connectivity index (χ0) is 23.2. The predicted molar refractivity (Wildman–Crippen MR) is 116 cm³/mol. The van der Waals surface area contributed by atoms with Crippen LogP contribution < -0.4 is 5.32 Å². The summed E-state index contributed by atoms with van der Waals surface area (Å²) in [5.74, 6) is 0.431. The van der Waals surface area contributed by atoms with Crippen LogP contribution in [0, 0.1) is 6.92 Å². The third kappa shape index (κ3) is 3.62. The molecular formula is C23H23F3N4O2. The number of nitrogens with one attached hydrogen (secondary N) is 1. The predicted octanol–water partition coefficient (Wildman–Crippen LogP) is 4.35. The van der Waals surface area contributed by atoms with Crippen LogP contribution in [0.25, 0.3) is 27.8 Å². The first-order valence-corrected chi connectivity index (χ1v) is 10.2. The number of carbonyl (C=O) groups excluding carboxylic acids is 1. The van der Waals surface area contributed by atoms with Gasteiger partial charge in [0.1, 0.15) is 5.82 Å². The molecule has 168 valence electrons. The quantitative estimate of drug-likeness (QED) is 0.481. The number of aryl methyl sites for hydroxylation is 2. The minimum absolute atomic E-state index is 0.153. The van der Waals surface area contributed by atoms with Gasteiger partial charge in [0.25, 0.3) is 5.91 Å². The van der Waals surface area contributed by atoms with E-state index in [9.17, 15) is 23.1 Å². The van der Waals surface area contributed by atoms with E-state index in [2.05, 4.69) is 10.3 Å². The molecule has 1 atom stereocenters. The van der Waals surface area contributed by atoms with Crippen molar-refractivity contribution in [1.82, 2.24) is 19.4 Å². The molecule has 2 heterocycles. The summed E-state index contributed by atoms with van der Waals surface area (Å²) >= 11 is 0. The maximum absolute atomic E-state index is 13.0. The first-order chi connectivity index (χ1) is 15.2. The average molecular weight is 444 g/mol. The van der Waals surface area contributed by atoms with Gasteiger partial charge in [0.2, 0.25) is 0 Å². The summed E-state index contributed by atoms with van der Waals surface area (Å²) in [7, 11) is 1.85. The van der Waals surface area contributed by atoms with E-state index in [0.29, 0.717) is 23.3 Å². The second kappa shape index (κ2) is 7.98. The number of carbonyl (C=O) groups is 1. The van der Waals surface area contributed by atoms with E-state index in [1.165, 1.54) is 12.1 Å². The molecule has 4 aromatic rings. The van der Waals surface area contributed by atoms with Crippen LogP contribution in [-0.4, -0.2) is 37.8 Å². The van der Waals surface area contributed by atoms with Crippen LogP contribution in [0.5, 0.6) is 0 Å². The number of aliphatic hydroxyl groups excluding tert-OH is 1. The largest absolute Gasteiger partial charge is 0.416 e. The number of aromatic nitrogens is 3. The van der Waals surface area contributed by atoms with Crippen molar-refractivity contribution in [1.29, 1.82) is 0 Å². The van der Waals surface area contributed by atoms with Gasteiger partial charge >= 0.3 is 6.18 Å². The molecule has 1 amide bonds. The van der Waals surface area contributed by atoms with Gasteiger partial charge in [-0.05, 0) is 55.8 Å². The summed E-state index contributed by atoms with van der Waals surface area (Å²) in [4.78, 5) is 17.3. The van der Waals surface area contributed by atoms with Gasteiger partial charge in [-0.3, -0.25) is 9.36 Å². The van der Waals surface area contributed by atoms with E-state index < -0.39 is 11.7 Å². The van der Waals surface area contributed by atoms with Gasteiger partial charge in [-0.1, -0.05) is 6.92 Å². The van der Waals surface area contributed by atoms with Gasteiger partial charge in [-0.2, -0.15) is 13.2 Å². The van der Waals surface area contributed by atoms with Gasteiger partial charge in [-0.25, -0.2) is 4.98 Å². The molecule has 0 saturated heterocycles. The second-order valence-electron chi connectivity index (χ2n) is 7.76. The van der Waals surface area contributed by atoms with Crippen molar-refractivity contribution in [2.45, 2.75) is 32.5 Å². The molecule has 6 nitrogen and oxygen atoms in total. The lowest BCUT2D eigenvalue weighted by Crippen LogP contribution is -2.36. The average Bonchev–Trinajstić information content (AvgIpc) is 3.23. The highest BCUT2D eigenvalue weighted by molar-refractivity contribution is 6.09. The van der Waals surface area contributed by atoms with Gasteiger partial charge in [0, 0.05) is 23.7 Å². The Morgan fingerprint density at radius 3 is 2.47 bits per heavy atom. The molecule has 2 aromatic carbocycles. The fourth-order valence-electron chi connectivity index (χ4n) is 3.83. The van der Waals surface area contributed by atoms with Crippen LogP contribution in [0.1, 0.15) is 35.1 Å². The molecule has 0 aliphatic carbocycles. The number of hydrogen-bond donors (Lipinski definition) is 2. The number of benzene rings is 2. The Bertz CT molecular complexity index is 1300. The molecule has 0 unspecified atom stereocenters. The molecule has 0 aliphatic heterocycles. The normalized spacial score (nSPS) is 13.1. The number of nitrogens with zero attached hydrogens (tertiary/aromatic N) is 3. The number of fused-ring (bicyclic) bond motifs is 3. The van der Waals surface area contributed by atoms with E-state index in [1.807, 2.05) is 25.5 Å². The summed E-state index contributed by atoms with van der Waals surface area (Å²) in [5, 5.41) is 12.9. The van der Waals surface area contributed by atoms with E-state index in [-0.39, 0.29) is 18.6 Å². The Labute approximate surface area is 182 Å². The number of amides is 1. The zero-order valence-electron chi connectivity index (χ0n) is 17.9. The van der Waals surface area contributed by atoms with Crippen molar-refractivity contribution < 1.29 is 23.1 Å². The Morgan fingerprint density at radius 1 is 1.19 bits per heavy atom. The molecule has 0 bridgehead atoms. The summed E-state index contributed by atoms with van der Waals surface area (Å²) in [6.07, 6.45) is -3.82. The monoisotopic (exact) mass is 444 g/mol. The Morgan fingerprint density at radius 2 is 1.88 bits per heavy atom. The Hall–Kier alpha value is -3.33. The molecule has 0 aliphatic rings. The van der Waals surface area contributed by atoms with Crippen LogP contribution >= 0.6 is 0 Å². The van der Waals surface area contributed by atoms with E-state index in [1.54, 1.807) is 22.8 Å². The van der Waals surface area contributed by atoms with Crippen LogP contribution in [-0.2, 0) is 13.2 Å². The van der Waals surface area contributed by atoms with Crippen molar-refractivity contribution in [3.05, 3.63) is 59.4 Å². The summed E-state index contributed by atoms with van der Waals surface area (Å²) in [5.41, 5.74) is 2.35. The van der Waals surface area contributed by atoms with Crippen LogP contribution in [0.2, 0.25) is 0 Å².